The summed E-state index contributed by atoms with van der Waals surface area (Å²) < 4.78 is 5.89. The Morgan fingerprint density at radius 1 is 1.39 bits per heavy atom. The Bertz CT molecular complexity index is 377. The van der Waals surface area contributed by atoms with Crippen LogP contribution >= 0.6 is 0 Å². The Kier molecular flexibility index (Phi) is 4.61. The number of nitrogens with zero attached hydrogens (tertiary/aromatic N) is 1. The minimum absolute atomic E-state index is 0.0716. The number of benzene rings is 1. The first kappa shape index (κ1) is 13.4. The highest BCUT2D eigenvalue weighted by molar-refractivity contribution is 5.35. The van der Waals surface area contributed by atoms with E-state index in [0.717, 1.165) is 36.9 Å². The second-order valence-corrected chi connectivity index (χ2v) is 5.11. The van der Waals surface area contributed by atoms with Crippen molar-refractivity contribution in [3.05, 3.63) is 29.8 Å². The predicted octanol–water partition coefficient (Wildman–Crippen LogP) is 2.57. The van der Waals surface area contributed by atoms with E-state index in [0.29, 0.717) is 0 Å². The average molecular weight is 248 g/mol. The third kappa shape index (κ3) is 3.47. The van der Waals surface area contributed by atoms with Crippen molar-refractivity contribution in [3.63, 3.8) is 0 Å². The number of para-hydroxylation sites is 1. The fraction of sp³-hybridized carbons (Fsp3) is 0.600. The normalized spacial score (nSPS) is 16.9. The Morgan fingerprint density at radius 2 is 2.11 bits per heavy atom. The minimum atomic E-state index is 0.0716. The SMILES string of the molecule is CC[C@@H](N)c1ccccc1OCCN(C)C1CC1. The molecule has 1 fully saturated rings. The molecule has 0 aromatic heterocycles. The zero-order chi connectivity index (χ0) is 13.0. The molecule has 2 N–H and O–H groups in total. The van der Waals surface area contributed by atoms with Gasteiger partial charge in [0, 0.05) is 24.2 Å². The van der Waals surface area contributed by atoms with Gasteiger partial charge in [0.05, 0.1) is 0 Å². The average Bonchev–Trinajstić information content (AvgIpc) is 3.22. The maximum absolute atomic E-state index is 6.09. The molecular formula is C15H24N2O. The van der Waals surface area contributed by atoms with Crippen molar-refractivity contribution in [2.75, 3.05) is 20.2 Å². The lowest BCUT2D eigenvalue weighted by atomic mass is 10.0. The van der Waals surface area contributed by atoms with Crippen LogP contribution in [0.3, 0.4) is 0 Å². The smallest absolute Gasteiger partial charge is 0.124 e. The molecule has 3 nitrogen and oxygen atoms in total. The number of nitrogens with two attached hydrogens (primary N) is 1. The lowest BCUT2D eigenvalue weighted by Crippen LogP contribution is -2.26. The van der Waals surface area contributed by atoms with Crippen LogP contribution in [0.15, 0.2) is 24.3 Å². The van der Waals surface area contributed by atoms with Crippen molar-refractivity contribution in [3.8, 4) is 5.75 Å². The zero-order valence-electron chi connectivity index (χ0n) is 11.4. The van der Waals surface area contributed by atoms with Crippen molar-refractivity contribution in [1.82, 2.24) is 4.90 Å². The molecule has 18 heavy (non-hydrogen) atoms. The highest BCUT2D eigenvalue weighted by Crippen LogP contribution is 2.26. The van der Waals surface area contributed by atoms with Gasteiger partial charge < -0.3 is 15.4 Å². The summed E-state index contributed by atoms with van der Waals surface area (Å²) in [5.74, 6) is 0.941. The molecule has 2 rings (SSSR count). The van der Waals surface area contributed by atoms with Crippen LogP contribution in [0.5, 0.6) is 5.75 Å². The Morgan fingerprint density at radius 3 is 2.78 bits per heavy atom. The van der Waals surface area contributed by atoms with Crippen LogP contribution in [0.2, 0.25) is 0 Å². The molecule has 0 saturated heterocycles. The Balaban J connectivity index is 1.87. The summed E-state index contributed by atoms with van der Waals surface area (Å²) in [7, 11) is 2.17. The number of ether oxygens (including phenoxy) is 1. The van der Waals surface area contributed by atoms with Gasteiger partial charge in [-0.1, -0.05) is 25.1 Å². The summed E-state index contributed by atoms with van der Waals surface area (Å²) in [5, 5.41) is 0. The minimum Gasteiger partial charge on any atom is -0.492 e. The molecule has 0 unspecified atom stereocenters. The van der Waals surface area contributed by atoms with Gasteiger partial charge in [0.25, 0.3) is 0 Å². The fourth-order valence-electron chi connectivity index (χ4n) is 2.14. The highest BCUT2D eigenvalue weighted by atomic mass is 16.5. The van der Waals surface area contributed by atoms with Crippen LogP contribution < -0.4 is 10.5 Å². The maximum atomic E-state index is 6.09. The number of hydrogen-bond acceptors (Lipinski definition) is 3. The summed E-state index contributed by atoms with van der Waals surface area (Å²) in [6.45, 7) is 3.82. The van der Waals surface area contributed by atoms with Crippen LogP contribution in [-0.4, -0.2) is 31.1 Å². The Labute approximate surface area is 110 Å². The van der Waals surface area contributed by atoms with Crippen molar-refractivity contribution in [2.24, 2.45) is 5.73 Å². The molecule has 0 bridgehead atoms. The predicted molar refractivity (Wildman–Crippen MR) is 74.8 cm³/mol. The molecule has 1 aliphatic carbocycles. The van der Waals surface area contributed by atoms with E-state index >= 15 is 0 Å². The summed E-state index contributed by atoms with van der Waals surface area (Å²) in [6.07, 6.45) is 3.62. The second kappa shape index (κ2) is 6.21. The van der Waals surface area contributed by atoms with E-state index in [4.69, 9.17) is 10.5 Å². The first-order chi connectivity index (χ1) is 8.72. The first-order valence-corrected chi connectivity index (χ1v) is 6.90. The van der Waals surface area contributed by atoms with Gasteiger partial charge in [-0.15, -0.1) is 0 Å². The van der Waals surface area contributed by atoms with E-state index < -0.39 is 0 Å². The van der Waals surface area contributed by atoms with Crippen LogP contribution in [0.1, 0.15) is 37.8 Å². The van der Waals surface area contributed by atoms with Crippen LogP contribution in [-0.2, 0) is 0 Å². The summed E-state index contributed by atoms with van der Waals surface area (Å²) in [6, 6.07) is 8.97. The lowest BCUT2D eigenvalue weighted by molar-refractivity contribution is 0.230. The standard InChI is InChI=1S/C15H24N2O/c1-3-14(16)13-6-4-5-7-15(13)18-11-10-17(2)12-8-9-12/h4-7,12,14H,3,8-11,16H2,1-2H3/t14-/m1/s1. The largest absolute Gasteiger partial charge is 0.492 e. The lowest BCUT2D eigenvalue weighted by Gasteiger charge is -2.18. The molecule has 0 heterocycles. The number of hydrogen-bond donors (Lipinski definition) is 1. The molecule has 1 atom stereocenters. The summed E-state index contributed by atoms with van der Waals surface area (Å²) >= 11 is 0. The van der Waals surface area contributed by atoms with Crippen LogP contribution in [0, 0.1) is 0 Å². The van der Waals surface area contributed by atoms with E-state index in [2.05, 4.69) is 24.9 Å². The van der Waals surface area contributed by atoms with Crippen LogP contribution in [0.25, 0.3) is 0 Å². The van der Waals surface area contributed by atoms with E-state index in [1.807, 2.05) is 18.2 Å². The van der Waals surface area contributed by atoms with Crippen LogP contribution in [0.4, 0.5) is 0 Å². The molecule has 0 spiro atoms. The van der Waals surface area contributed by atoms with E-state index in [-0.39, 0.29) is 6.04 Å². The highest BCUT2D eigenvalue weighted by Gasteiger charge is 2.25. The summed E-state index contributed by atoms with van der Waals surface area (Å²) in [5.41, 5.74) is 7.21. The quantitative estimate of drug-likeness (QED) is 0.806. The molecule has 1 aliphatic rings. The van der Waals surface area contributed by atoms with Gasteiger partial charge in [0.15, 0.2) is 0 Å². The third-order valence-corrected chi connectivity index (χ3v) is 3.63. The molecule has 3 heteroatoms. The van der Waals surface area contributed by atoms with Crippen molar-refractivity contribution < 1.29 is 4.74 Å². The van der Waals surface area contributed by atoms with Gasteiger partial charge >= 0.3 is 0 Å². The monoisotopic (exact) mass is 248 g/mol. The molecular weight excluding hydrogens is 224 g/mol. The molecule has 1 aromatic rings. The molecule has 100 valence electrons. The molecule has 0 aliphatic heterocycles. The van der Waals surface area contributed by atoms with E-state index in [1.165, 1.54) is 12.8 Å². The molecule has 1 aromatic carbocycles. The van der Waals surface area contributed by atoms with Gasteiger partial charge in [-0.05, 0) is 32.4 Å². The third-order valence-electron chi connectivity index (χ3n) is 3.63. The van der Waals surface area contributed by atoms with Crippen molar-refractivity contribution in [1.29, 1.82) is 0 Å². The van der Waals surface area contributed by atoms with E-state index in [1.54, 1.807) is 0 Å². The van der Waals surface area contributed by atoms with Gasteiger partial charge in [0.2, 0.25) is 0 Å². The van der Waals surface area contributed by atoms with Crippen molar-refractivity contribution >= 4 is 0 Å². The fourth-order valence-corrected chi connectivity index (χ4v) is 2.14. The van der Waals surface area contributed by atoms with Gasteiger partial charge in [-0.2, -0.15) is 0 Å². The van der Waals surface area contributed by atoms with Gasteiger partial charge in [-0.3, -0.25) is 0 Å². The molecule has 0 amide bonds. The summed E-state index contributed by atoms with van der Waals surface area (Å²) in [4.78, 5) is 2.38. The second-order valence-electron chi connectivity index (χ2n) is 5.11. The number of likely N-dealkylation sites (N-methyl/N-ethyl adjacent to an activating group) is 1. The Hall–Kier alpha value is -1.06. The molecule has 0 radical (unpaired) electrons. The first-order valence-electron chi connectivity index (χ1n) is 6.90. The zero-order valence-corrected chi connectivity index (χ0v) is 11.4. The maximum Gasteiger partial charge on any atom is 0.124 e. The topological polar surface area (TPSA) is 38.5 Å². The van der Waals surface area contributed by atoms with E-state index in [9.17, 15) is 0 Å². The number of rotatable bonds is 7. The molecule has 1 saturated carbocycles. The van der Waals surface area contributed by atoms with Gasteiger partial charge in [0.1, 0.15) is 12.4 Å². The van der Waals surface area contributed by atoms with Gasteiger partial charge in [-0.25, -0.2) is 0 Å². The van der Waals surface area contributed by atoms with Crippen molar-refractivity contribution in [2.45, 2.75) is 38.3 Å².